The minimum atomic E-state index is -1.39. The number of nitrogens with one attached hydrogen (secondary N) is 4. The van der Waals surface area contributed by atoms with E-state index in [-0.39, 0.29) is 34.9 Å². The Bertz CT molecular complexity index is 1550. The van der Waals surface area contributed by atoms with Gasteiger partial charge in [-0.2, -0.15) is 4.98 Å². The lowest BCUT2D eigenvalue weighted by molar-refractivity contribution is -0.139. The van der Waals surface area contributed by atoms with Gasteiger partial charge in [-0.25, -0.2) is 14.4 Å². The molecule has 0 bridgehead atoms. The van der Waals surface area contributed by atoms with Crippen LogP contribution in [0.4, 0.5) is 10.6 Å². The number of carboxylic acid groups (broad SMARTS) is 1. The molecule has 0 saturated carbocycles. The number of H-pyrrole nitrogens is 1. The van der Waals surface area contributed by atoms with Crippen molar-refractivity contribution in [1.82, 2.24) is 25.5 Å². The molecule has 5 N–H and O–H groups in total. The van der Waals surface area contributed by atoms with Crippen LogP contribution in [-0.2, 0) is 17.8 Å². The van der Waals surface area contributed by atoms with E-state index in [1.54, 1.807) is 18.2 Å². The van der Waals surface area contributed by atoms with Crippen LogP contribution in [0.3, 0.4) is 0 Å². The number of piperidine rings is 1. The third-order valence-electron chi connectivity index (χ3n) is 8.04. The fourth-order valence-electron chi connectivity index (χ4n) is 5.93. The van der Waals surface area contributed by atoms with Crippen LogP contribution >= 0.6 is 0 Å². The van der Waals surface area contributed by atoms with Gasteiger partial charge in [0.15, 0.2) is 0 Å². The molecule has 1 fully saturated rings. The largest absolute Gasteiger partial charge is 0.496 e. The number of hydrogen-bond donors (Lipinski definition) is 5. The molecule has 2 heterocycles. The van der Waals surface area contributed by atoms with E-state index in [1.165, 1.54) is 26.0 Å². The molecule has 3 amide bonds. The van der Waals surface area contributed by atoms with Crippen LogP contribution in [-0.4, -0.2) is 76.8 Å². The summed E-state index contributed by atoms with van der Waals surface area (Å²) >= 11 is 0. The number of anilines is 1. The van der Waals surface area contributed by atoms with Crippen molar-refractivity contribution in [3.8, 4) is 11.5 Å². The third kappa shape index (κ3) is 8.84. The monoisotopic (exact) mass is 634 g/mol. The number of aliphatic carboxylic acids is 1. The first kappa shape index (κ1) is 34.0. The normalized spacial score (nSPS) is 15.1. The van der Waals surface area contributed by atoms with E-state index in [1.807, 2.05) is 18.2 Å². The zero-order valence-corrected chi connectivity index (χ0v) is 26.6. The minimum Gasteiger partial charge on any atom is -0.496 e. The van der Waals surface area contributed by atoms with E-state index in [4.69, 9.17) is 9.47 Å². The molecule has 1 unspecified atom stereocenters. The Balaban J connectivity index is 1.47. The third-order valence-corrected chi connectivity index (χ3v) is 8.04. The number of aromatic nitrogens is 2. The van der Waals surface area contributed by atoms with Crippen molar-refractivity contribution >= 4 is 23.7 Å². The van der Waals surface area contributed by atoms with Crippen LogP contribution in [0.2, 0.25) is 0 Å². The van der Waals surface area contributed by atoms with Crippen LogP contribution in [0.1, 0.15) is 54.6 Å². The highest BCUT2D eigenvalue weighted by molar-refractivity contribution is 6.08. The summed E-state index contributed by atoms with van der Waals surface area (Å²) in [6.07, 6.45) is 3.17. The molecule has 0 aliphatic carbocycles. The number of ether oxygens (including phenoxy) is 2. The number of nitrogens with zero attached hydrogens (tertiary/aromatic N) is 2. The number of likely N-dealkylation sites (tertiary alicyclic amines) is 1. The second kappa shape index (κ2) is 15.4. The van der Waals surface area contributed by atoms with Crippen molar-refractivity contribution in [3.63, 3.8) is 0 Å². The van der Waals surface area contributed by atoms with Crippen molar-refractivity contribution < 1.29 is 29.0 Å². The van der Waals surface area contributed by atoms with E-state index < -0.39 is 35.2 Å². The fourth-order valence-corrected chi connectivity index (χ4v) is 5.93. The average molecular weight is 635 g/mol. The second-order valence-corrected chi connectivity index (χ2v) is 11.9. The highest BCUT2D eigenvalue weighted by Crippen LogP contribution is 2.31. The summed E-state index contributed by atoms with van der Waals surface area (Å²) in [6.45, 7) is 6.58. The quantitative estimate of drug-likeness (QED) is 0.189. The molecule has 1 atom stereocenters. The summed E-state index contributed by atoms with van der Waals surface area (Å²) in [5.74, 6) is -1.37. The molecule has 0 radical (unpaired) electrons. The van der Waals surface area contributed by atoms with Crippen molar-refractivity contribution in [2.45, 2.75) is 57.7 Å². The molecule has 4 rings (SSSR count). The predicted octanol–water partition coefficient (Wildman–Crippen LogP) is 3.42. The number of aromatic amines is 1. The molecule has 3 aromatic rings. The first-order valence-electron chi connectivity index (χ1n) is 15.2. The van der Waals surface area contributed by atoms with E-state index >= 15 is 0 Å². The summed E-state index contributed by atoms with van der Waals surface area (Å²) in [5, 5.41) is 18.3. The summed E-state index contributed by atoms with van der Waals surface area (Å²) in [6, 6.07) is 13.0. The van der Waals surface area contributed by atoms with Gasteiger partial charge in [-0.3, -0.25) is 9.69 Å². The van der Waals surface area contributed by atoms with E-state index in [9.17, 15) is 24.3 Å². The summed E-state index contributed by atoms with van der Waals surface area (Å²) < 4.78 is 10.6. The summed E-state index contributed by atoms with van der Waals surface area (Å²) in [4.78, 5) is 59.7. The summed E-state index contributed by atoms with van der Waals surface area (Å²) in [5.41, 5.74) is 0.237. The van der Waals surface area contributed by atoms with Crippen molar-refractivity contribution in [3.05, 3.63) is 81.9 Å². The average Bonchev–Trinajstić information content (AvgIpc) is 3.02. The van der Waals surface area contributed by atoms with Crippen LogP contribution in [0.25, 0.3) is 0 Å². The molecule has 1 saturated heterocycles. The second-order valence-electron chi connectivity index (χ2n) is 11.9. The van der Waals surface area contributed by atoms with Crippen LogP contribution in [0, 0.1) is 5.92 Å². The van der Waals surface area contributed by atoms with Gasteiger partial charge in [0, 0.05) is 43.4 Å². The van der Waals surface area contributed by atoms with Crippen LogP contribution in [0.15, 0.2) is 59.5 Å². The molecular weight excluding hydrogens is 592 g/mol. The molecular formula is C33H42N6O7. The zero-order chi connectivity index (χ0) is 33.3. The highest BCUT2D eigenvalue weighted by Gasteiger charge is 2.37. The van der Waals surface area contributed by atoms with Crippen molar-refractivity contribution in [2.75, 3.05) is 32.6 Å². The van der Waals surface area contributed by atoms with Crippen LogP contribution in [0.5, 0.6) is 11.5 Å². The maximum atomic E-state index is 13.3. The first-order chi connectivity index (χ1) is 22.0. The molecule has 0 spiro atoms. The van der Waals surface area contributed by atoms with Gasteiger partial charge >= 0.3 is 17.7 Å². The number of amides is 3. The molecule has 1 aliphatic rings. The first-order valence-corrected chi connectivity index (χ1v) is 15.2. The molecule has 2 aromatic carbocycles. The Morgan fingerprint density at radius 3 is 2.26 bits per heavy atom. The van der Waals surface area contributed by atoms with Gasteiger partial charge in [0.05, 0.1) is 14.2 Å². The summed E-state index contributed by atoms with van der Waals surface area (Å²) in [7, 11) is 2.80. The van der Waals surface area contributed by atoms with Gasteiger partial charge in [-0.1, -0.05) is 50.2 Å². The molecule has 1 aliphatic heterocycles. The van der Waals surface area contributed by atoms with E-state index in [0.29, 0.717) is 5.92 Å². The zero-order valence-electron chi connectivity index (χ0n) is 26.6. The van der Waals surface area contributed by atoms with Crippen molar-refractivity contribution in [2.24, 2.45) is 5.92 Å². The number of methoxy groups -OCH3 is 2. The molecule has 13 heteroatoms. The highest BCUT2D eigenvalue weighted by atomic mass is 16.5. The number of hydrogen-bond acceptors (Lipinski definition) is 8. The lowest BCUT2D eigenvalue weighted by Crippen LogP contribution is -2.59. The van der Waals surface area contributed by atoms with E-state index in [0.717, 1.165) is 38.9 Å². The number of urea groups is 1. The maximum absolute atomic E-state index is 13.3. The smallest absolute Gasteiger partial charge is 0.346 e. The minimum absolute atomic E-state index is 0.0677. The Kier molecular flexibility index (Phi) is 11.4. The topological polar surface area (TPSA) is 175 Å². The lowest BCUT2D eigenvalue weighted by Gasteiger charge is -2.43. The number of rotatable bonds is 13. The Labute approximate surface area is 267 Å². The number of benzene rings is 2. The standard InChI is InChI=1S/C33H42N6O7/c1-21(2)18-33(13-15-39(16-14-33)20-22-9-6-5-7-10-22)38-32(44)35-24(30(41)42)17-23-19-34-31(43)37-28(23)36-29(40)27-25(45-3)11-8-12-26(27)46-4/h5-12,19,21,24H,13-18,20H2,1-4H3,(H,41,42)(H2,35,38,44)(H2,34,36,37,40,43). The Hall–Kier alpha value is -4.91. The van der Waals surface area contributed by atoms with Gasteiger partial charge in [-0.15, -0.1) is 0 Å². The molecule has 13 nitrogen and oxygen atoms in total. The molecule has 246 valence electrons. The predicted molar refractivity (Wildman–Crippen MR) is 172 cm³/mol. The Morgan fingerprint density at radius 2 is 1.67 bits per heavy atom. The molecule has 46 heavy (non-hydrogen) atoms. The van der Waals surface area contributed by atoms with Gasteiger partial charge < -0.3 is 35.5 Å². The number of carbonyl (C=O) groups is 3. The van der Waals surface area contributed by atoms with Gasteiger partial charge in [0.2, 0.25) is 0 Å². The van der Waals surface area contributed by atoms with Gasteiger partial charge in [-0.05, 0) is 42.9 Å². The van der Waals surface area contributed by atoms with Crippen molar-refractivity contribution in [1.29, 1.82) is 0 Å². The van der Waals surface area contributed by atoms with E-state index in [2.05, 4.69) is 56.8 Å². The van der Waals surface area contributed by atoms with Crippen LogP contribution < -0.4 is 31.1 Å². The SMILES string of the molecule is COc1cccc(OC)c1C(=O)Nc1nc(=O)[nH]cc1CC(NC(=O)NC1(CC(C)C)CCN(Cc2ccccc2)CC1)C(=O)O. The lowest BCUT2D eigenvalue weighted by atomic mass is 9.80. The number of carboxylic acids is 1. The number of carbonyl (C=O) groups excluding carboxylic acids is 2. The maximum Gasteiger partial charge on any atom is 0.346 e. The fraction of sp³-hybridized carbons (Fsp3) is 0.424. The Morgan fingerprint density at radius 1 is 1.02 bits per heavy atom. The van der Waals surface area contributed by atoms with Gasteiger partial charge in [0.1, 0.15) is 28.9 Å². The van der Waals surface area contributed by atoms with Gasteiger partial charge in [0.25, 0.3) is 5.91 Å². The molecule has 1 aromatic heterocycles.